The van der Waals surface area contributed by atoms with Gasteiger partial charge in [-0.25, -0.2) is 0 Å². The molecule has 3 aromatic rings. The molecule has 0 aliphatic rings. The minimum Gasteiger partial charge on any atom is -0.325 e. The molecule has 0 atom stereocenters. The highest BCUT2D eigenvalue weighted by atomic mass is 32.2. The van der Waals surface area contributed by atoms with Crippen LogP contribution >= 0.6 is 11.8 Å². The highest BCUT2D eigenvalue weighted by molar-refractivity contribution is 8.00. The number of aryl methyl sites for hydroxylation is 3. The fraction of sp³-hybridized carbons (Fsp3) is 0.200. The Morgan fingerprint density at radius 3 is 2.37 bits per heavy atom. The molecule has 3 aromatic carbocycles. The first-order valence-corrected chi connectivity index (χ1v) is 10.9. The molecule has 2 amide bonds. The van der Waals surface area contributed by atoms with E-state index in [0.717, 1.165) is 33.7 Å². The maximum atomic E-state index is 12.5. The molecule has 0 aliphatic carbocycles. The van der Waals surface area contributed by atoms with Gasteiger partial charge in [0.2, 0.25) is 5.91 Å². The number of amides is 2. The molecular formula is C25H26N2O2S. The van der Waals surface area contributed by atoms with Gasteiger partial charge in [0.15, 0.2) is 0 Å². The van der Waals surface area contributed by atoms with E-state index in [9.17, 15) is 9.59 Å². The summed E-state index contributed by atoms with van der Waals surface area (Å²) in [6, 6.07) is 21.0. The van der Waals surface area contributed by atoms with Gasteiger partial charge in [0, 0.05) is 21.8 Å². The van der Waals surface area contributed by atoms with Crippen LogP contribution in [0, 0.1) is 13.8 Å². The average Bonchev–Trinajstić information content (AvgIpc) is 2.74. The highest BCUT2D eigenvalue weighted by Crippen LogP contribution is 2.24. The van der Waals surface area contributed by atoms with Crippen molar-refractivity contribution in [2.45, 2.75) is 32.1 Å². The zero-order valence-corrected chi connectivity index (χ0v) is 18.3. The van der Waals surface area contributed by atoms with E-state index in [4.69, 9.17) is 0 Å². The number of carbonyl (C=O) groups is 2. The van der Waals surface area contributed by atoms with Crippen molar-refractivity contribution in [2.24, 2.45) is 0 Å². The average molecular weight is 419 g/mol. The first-order valence-electron chi connectivity index (χ1n) is 9.95. The molecule has 0 saturated heterocycles. The molecule has 0 unspecified atom stereocenters. The van der Waals surface area contributed by atoms with Crippen molar-refractivity contribution in [1.82, 2.24) is 0 Å². The minimum absolute atomic E-state index is 0.0434. The van der Waals surface area contributed by atoms with Crippen LogP contribution in [0.25, 0.3) is 0 Å². The molecule has 2 N–H and O–H groups in total. The van der Waals surface area contributed by atoms with E-state index in [-0.39, 0.29) is 11.8 Å². The summed E-state index contributed by atoms with van der Waals surface area (Å²) in [5, 5.41) is 5.96. The lowest BCUT2D eigenvalue weighted by Crippen LogP contribution is -2.16. The summed E-state index contributed by atoms with van der Waals surface area (Å²) in [6.07, 6.45) is 0.868. The van der Waals surface area contributed by atoms with Crippen LogP contribution in [0.15, 0.2) is 71.6 Å². The molecule has 5 heteroatoms. The number of benzene rings is 3. The van der Waals surface area contributed by atoms with Crippen molar-refractivity contribution in [3.05, 3.63) is 89.0 Å². The van der Waals surface area contributed by atoms with Crippen molar-refractivity contribution in [1.29, 1.82) is 0 Å². The summed E-state index contributed by atoms with van der Waals surface area (Å²) in [5.74, 6) is 0.104. The summed E-state index contributed by atoms with van der Waals surface area (Å²) >= 11 is 1.44. The molecule has 0 bridgehead atoms. The quantitative estimate of drug-likeness (QED) is 0.473. The van der Waals surface area contributed by atoms with Gasteiger partial charge in [-0.2, -0.15) is 0 Å². The van der Waals surface area contributed by atoms with Crippen LogP contribution < -0.4 is 10.6 Å². The maximum Gasteiger partial charge on any atom is 0.255 e. The van der Waals surface area contributed by atoms with Crippen molar-refractivity contribution in [3.8, 4) is 0 Å². The number of carbonyl (C=O) groups excluding carboxylic acids is 2. The molecule has 0 aromatic heterocycles. The standard InChI is InChI=1S/C25H26N2O2S/c1-4-19-8-5-7-18(3)24(19)27-23(28)16-30-22-10-6-9-21(15-22)26-25(29)20-13-11-17(2)12-14-20/h5-15H,4,16H2,1-3H3,(H,26,29)(H,27,28). The maximum absolute atomic E-state index is 12.5. The summed E-state index contributed by atoms with van der Waals surface area (Å²) in [6.45, 7) is 6.07. The Balaban J connectivity index is 1.59. The van der Waals surface area contributed by atoms with E-state index in [1.54, 1.807) is 0 Å². The first-order chi connectivity index (χ1) is 14.5. The van der Waals surface area contributed by atoms with Crippen LogP contribution in [-0.4, -0.2) is 17.6 Å². The lowest BCUT2D eigenvalue weighted by atomic mass is 10.1. The molecule has 0 saturated carbocycles. The van der Waals surface area contributed by atoms with Gasteiger partial charge < -0.3 is 10.6 Å². The fourth-order valence-electron chi connectivity index (χ4n) is 3.10. The molecule has 0 heterocycles. The van der Waals surface area contributed by atoms with Crippen molar-refractivity contribution in [2.75, 3.05) is 16.4 Å². The van der Waals surface area contributed by atoms with E-state index in [1.165, 1.54) is 11.8 Å². The molecule has 0 aliphatic heterocycles. The molecule has 30 heavy (non-hydrogen) atoms. The second-order valence-corrected chi connectivity index (χ2v) is 8.20. The predicted molar refractivity (Wildman–Crippen MR) is 125 cm³/mol. The largest absolute Gasteiger partial charge is 0.325 e. The Bertz CT molecular complexity index is 1050. The molecule has 0 radical (unpaired) electrons. The number of thioether (sulfide) groups is 1. The number of hydrogen-bond acceptors (Lipinski definition) is 3. The van der Waals surface area contributed by atoms with Gasteiger partial charge >= 0.3 is 0 Å². The highest BCUT2D eigenvalue weighted by Gasteiger charge is 2.10. The number of rotatable bonds is 7. The normalized spacial score (nSPS) is 10.5. The van der Waals surface area contributed by atoms with Gasteiger partial charge in [-0.15, -0.1) is 11.8 Å². The third-order valence-corrected chi connectivity index (χ3v) is 5.77. The number of hydrogen-bond donors (Lipinski definition) is 2. The number of nitrogens with one attached hydrogen (secondary N) is 2. The van der Waals surface area contributed by atoms with Gasteiger partial charge in [0.25, 0.3) is 5.91 Å². The lowest BCUT2D eigenvalue weighted by molar-refractivity contribution is -0.113. The van der Waals surface area contributed by atoms with E-state index in [0.29, 0.717) is 17.0 Å². The molecular weight excluding hydrogens is 392 g/mol. The van der Waals surface area contributed by atoms with E-state index in [1.807, 2.05) is 80.6 Å². The van der Waals surface area contributed by atoms with Gasteiger partial charge in [0.05, 0.1) is 5.75 Å². The summed E-state index contributed by atoms with van der Waals surface area (Å²) < 4.78 is 0. The number of para-hydroxylation sites is 1. The van der Waals surface area contributed by atoms with E-state index < -0.39 is 0 Å². The topological polar surface area (TPSA) is 58.2 Å². The Morgan fingerprint density at radius 1 is 0.900 bits per heavy atom. The summed E-state index contributed by atoms with van der Waals surface area (Å²) in [5.41, 5.74) is 5.54. The monoisotopic (exact) mass is 418 g/mol. The van der Waals surface area contributed by atoms with E-state index >= 15 is 0 Å². The zero-order chi connectivity index (χ0) is 21.5. The van der Waals surface area contributed by atoms with Crippen molar-refractivity contribution >= 4 is 35.0 Å². The minimum atomic E-state index is -0.151. The van der Waals surface area contributed by atoms with Crippen LogP contribution in [0.1, 0.15) is 34.0 Å². The third-order valence-electron chi connectivity index (χ3n) is 4.78. The van der Waals surface area contributed by atoms with Gasteiger partial charge in [0.1, 0.15) is 0 Å². The molecule has 0 fully saturated rings. The molecule has 154 valence electrons. The second-order valence-electron chi connectivity index (χ2n) is 7.15. The zero-order valence-electron chi connectivity index (χ0n) is 17.5. The summed E-state index contributed by atoms with van der Waals surface area (Å²) in [4.78, 5) is 25.8. The van der Waals surface area contributed by atoms with Gasteiger partial charge in [-0.3, -0.25) is 9.59 Å². The second kappa shape index (κ2) is 10.1. The number of anilines is 2. The SMILES string of the molecule is CCc1cccc(C)c1NC(=O)CSc1cccc(NC(=O)c2ccc(C)cc2)c1. The summed E-state index contributed by atoms with van der Waals surface area (Å²) in [7, 11) is 0. The Labute approximate surface area is 182 Å². The lowest BCUT2D eigenvalue weighted by Gasteiger charge is -2.13. The first kappa shape index (κ1) is 21.7. The molecule has 4 nitrogen and oxygen atoms in total. The van der Waals surface area contributed by atoms with Crippen LogP contribution in [0.4, 0.5) is 11.4 Å². The van der Waals surface area contributed by atoms with Crippen molar-refractivity contribution in [3.63, 3.8) is 0 Å². The smallest absolute Gasteiger partial charge is 0.255 e. The van der Waals surface area contributed by atoms with Crippen LogP contribution in [0.5, 0.6) is 0 Å². The van der Waals surface area contributed by atoms with Crippen LogP contribution in [0.3, 0.4) is 0 Å². The predicted octanol–water partition coefficient (Wildman–Crippen LogP) is 5.85. The fourth-order valence-corrected chi connectivity index (χ4v) is 3.85. The van der Waals surface area contributed by atoms with E-state index in [2.05, 4.69) is 17.6 Å². The Morgan fingerprint density at radius 2 is 1.63 bits per heavy atom. The molecule has 0 spiro atoms. The van der Waals surface area contributed by atoms with Crippen LogP contribution in [0.2, 0.25) is 0 Å². The van der Waals surface area contributed by atoms with Gasteiger partial charge in [-0.05, 0) is 61.7 Å². The Kier molecular flexibility index (Phi) is 7.31. The third kappa shape index (κ3) is 5.74. The Hall–Kier alpha value is -3.05. The molecule has 3 rings (SSSR count). The van der Waals surface area contributed by atoms with Gasteiger partial charge in [-0.1, -0.05) is 48.9 Å². The van der Waals surface area contributed by atoms with Crippen LogP contribution in [-0.2, 0) is 11.2 Å². The van der Waals surface area contributed by atoms with Crippen molar-refractivity contribution < 1.29 is 9.59 Å².